The van der Waals surface area contributed by atoms with Gasteiger partial charge in [-0.3, -0.25) is 14.4 Å². The summed E-state index contributed by atoms with van der Waals surface area (Å²) < 4.78 is 7.07. The fourth-order valence-corrected chi connectivity index (χ4v) is 2.72. The van der Waals surface area contributed by atoms with Gasteiger partial charge in [-0.1, -0.05) is 30.3 Å². The van der Waals surface area contributed by atoms with Crippen molar-refractivity contribution in [2.75, 3.05) is 26.3 Å². The van der Waals surface area contributed by atoms with Crippen LogP contribution in [0.15, 0.2) is 42.7 Å². The van der Waals surface area contributed by atoms with E-state index in [-0.39, 0.29) is 0 Å². The fraction of sp³-hybridized carbons (Fsp3) is 0.375. The van der Waals surface area contributed by atoms with E-state index in [9.17, 15) is 9.90 Å². The predicted molar refractivity (Wildman–Crippen MR) is 80.5 cm³/mol. The fourth-order valence-electron chi connectivity index (χ4n) is 2.72. The second-order valence-corrected chi connectivity index (χ2v) is 5.35. The van der Waals surface area contributed by atoms with Crippen LogP contribution in [0.25, 0.3) is 0 Å². The molecule has 1 N–H and O–H groups in total. The number of ether oxygens (including phenoxy) is 1. The average Bonchev–Trinajstić information content (AvgIpc) is 2.97. The summed E-state index contributed by atoms with van der Waals surface area (Å²) in [5, 5.41) is 13.9. The Morgan fingerprint density at radius 1 is 1.27 bits per heavy atom. The van der Waals surface area contributed by atoms with Crippen molar-refractivity contribution in [2.24, 2.45) is 0 Å². The van der Waals surface area contributed by atoms with Crippen molar-refractivity contribution in [3.05, 3.63) is 53.9 Å². The Labute approximate surface area is 128 Å². The number of hydrogen-bond donors (Lipinski definition) is 1. The maximum Gasteiger partial charge on any atom is 0.325 e. The Morgan fingerprint density at radius 3 is 2.68 bits per heavy atom. The van der Waals surface area contributed by atoms with Gasteiger partial charge in [0.05, 0.1) is 26.0 Å². The van der Waals surface area contributed by atoms with Crippen LogP contribution in [-0.2, 0) is 16.1 Å². The number of benzene rings is 1. The number of aromatic nitrogens is 2. The molecule has 22 heavy (non-hydrogen) atoms. The Morgan fingerprint density at radius 2 is 2.00 bits per heavy atom. The van der Waals surface area contributed by atoms with E-state index >= 15 is 0 Å². The van der Waals surface area contributed by atoms with Gasteiger partial charge in [0.15, 0.2) is 0 Å². The molecule has 3 rings (SSSR count). The molecule has 0 unspecified atom stereocenters. The molecule has 6 nitrogen and oxygen atoms in total. The molecule has 1 saturated heterocycles. The Bertz CT molecular complexity index is 621. The van der Waals surface area contributed by atoms with Crippen LogP contribution >= 0.6 is 0 Å². The van der Waals surface area contributed by atoms with Gasteiger partial charge in [-0.15, -0.1) is 0 Å². The SMILES string of the molecule is O=C(O)[C@H](c1cnn(Cc2ccccc2)c1)N1CCOCC1. The molecule has 1 aromatic heterocycles. The first-order chi connectivity index (χ1) is 10.7. The van der Waals surface area contributed by atoms with Gasteiger partial charge in [-0.2, -0.15) is 5.10 Å². The Kier molecular flexibility index (Phi) is 4.50. The summed E-state index contributed by atoms with van der Waals surface area (Å²) in [6.45, 7) is 3.03. The van der Waals surface area contributed by atoms with Crippen LogP contribution in [0.4, 0.5) is 0 Å². The number of carboxylic acids is 1. The highest BCUT2D eigenvalue weighted by Crippen LogP contribution is 2.22. The van der Waals surface area contributed by atoms with Gasteiger partial charge in [0.1, 0.15) is 6.04 Å². The van der Waals surface area contributed by atoms with Crippen molar-refractivity contribution in [2.45, 2.75) is 12.6 Å². The standard InChI is InChI=1S/C16H19N3O3/c20-16(21)15(18-6-8-22-9-7-18)14-10-17-19(12-14)11-13-4-2-1-3-5-13/h1-5,10,12,15H,6-9,11H2,(H,20,21)/t15-/m0/s1. The number of hydrogen-bond acceptors (Lipinski definition) is 4. The van der Waals surface area contributed by atoms with E-state index in [4.69, 9.17) is 4.74 Å². The molecule has 0 amide bonds. The van der Waals surface area contributed by atoms with Crippen LogP contribution in [0, 0.1) is 0 Å². The second-order valence-electron chi connectivity index (χ2n) is 5.35. The Balaban J connectivity index is 1.76. The smallest absolute Gasteiger partial charge is 0.325 e. The van der Waals surface area contributed by atoms with Crippen molar-refractivity contribution < 1.29 is 14.6 Å². The molecule has 0 bridgehead atoms. The van der Waals surface area contributed by atoms with Gasteiger partial charge in [0.2, 0.25) is 0 Å². The molecule has 0 saturated carbocycles. The van der Waals surface area contributed by atoms with E-state index in [1.54, 1.807) is 10.9 Å². The largest absolute Gasteiger partial charge is 0.480 e. The minimum absolute atomic E-state index is 0.571. The monoisotopic (exact) mass is 301 g/mol. The van der Waals surface area contributed by atoms with Crippen LogP contribution in [0.2, 0.25) is 0 Å². The summed E-state index contributed by atoms with van der Waals surface area (Å²) in [4.78, 5) is 13.6. The number of carboxylic acid groups (broad SMARTS) is 1. The number of nitrogens with zero attached hydrogens (tertiary/aromatic N) is 3. The lowest BCUT2D eigenvalue weighted by molar-refractivity contribution is -0.145. The third-order valence-corrected chi connectivity index (χ3v) is 3.80. The van der Waals surface area contributed by atoms with E-state index < -0.39 is 12.0 Å². The molecular weight excluding hydrogens is 282 g/mol. The summed E-state index contributed by atoms with van der Waals surface area (Å²) in [5.41, 5.74) is 1.85. The molecule has 116 valence electrons. The molecule has 1 aliphatic heterocycles. The third-order valence-electron chi connectivity index (χ3n) is 3.80. The first kappa shape index (κ1) is 14.7. The number of morpholine rings is 1. The van der Waals surface area contributed by atoms with Crippen LogP contribution in [0.5, 0.6) is 0 Å². The zero-order valence-electron chi connectivity index (χ0n) is 12.3. The summed E-state index contributed by atoms with van der Waals surface area (Å²) in [6, 6.07) is 9.32. The molecule has 0 aliphatic carbocycles. The zero-order valence-corrected chi connectivity index (χ0v) is 12.3. The minimum atomic E-state index is -0.846. The summed E-state index contributed by atoms with van der Waals surface area (Å²) in [7, 11) is 0. The highest BCUT2D eigenvalue weighted by Gasteiger charge is 2.29. The van der Waals surface area contributed by atoms with E-state index in [0.29, 0.717) is 38.4 Å². The van der Waals surface area contributed by atoms with Crippen molar-refractivity contribution in [3.63, 3.8) is 0 Å². The quantitative estimate of drug-likeness (QED) is 0.904. The molecule has 0 spiro atoms. The summed E-state index contributed by atoms with van der Waals surface area (Å²) in [6.07, 6.45) is 3.47. The van der Waals surface area contributed by atoms with Crippen molar-refractivity contribution in [1.82, 2.24) is 14.7 Å². The van der Waals surface area contributed by atoms with E-state index in [2.05, 4.69) is 5.10 Å². The van der Waals surface area contributed by atoms with Crippen LogP contribution in [0.1, 0.15) is 17.2 Å². The van der Waals surface area contributed by atoms with Gasteiger partial charge in [-0.25, -0.2) is 0 Å². The van der Waals surface area contributed by atoms with Crippen molar-refractivity contribution in [1.29, 1.82) is 0 Å². The predicted octanol–water partition coefficient (Wildman–Crippen LogP) is 1.39. The van der Waals surface area contributed by atoms with Crippen molar-refractivity contribution >= 4 is 5.97 Å². The maximum absolute atomic E-state index is 11.6. The molecule has 6 heteroatoms. The van der Waals surface area contributed by atoms with Crippen LogP contribution < -0.4 is 0 Å². The first-order valence-corrected chi connectivity index (χ1v) is 7.35. The first-order valence-electron chi connectivity index (χ1n) is 7.35. The third kappa shape index (κ3) is 3.35. The molecule has 0 radical (unpaired) electrons. The minimum Gasteiger partial charge on any atom is -0.480 e. The second kappa shape index (κ2) is 6.72. The molecule has 2 aromatic rings. The lowest BCUT2D eigenvalue weighted by atomic mass is 10.1. The lowest BCUT2D eigenvalue weighted by Gasteiger charge is -2.31. The van der Waals surface area contributed by atoms with Gasteiger partial charge in [0, 0.05) is 24.8 Å². The molecule has 1 aliphatic rings. The molecule has 2 heterocycles. The van der Waals surface area contributed by atoms with E-state index in [0.717, 1.165) is 5.56 Å². The summed E-state index contributed by atoms with van der Waals surface area (Å²) in [5.74, 6) is -0.846. The highest BCUT2D eigenvalue weighted by molar-refractivity contribution is 5.75. The maximum atomic E-state index is 11.6. The average molecular weight is 301 g/mol. The number of aliphatic carboxylic acids is 1. The normalized spacial score (nSPS) is 17.3. The number of rotatable bonds is 5. The molecular formula is C16H19N3O3. The zero-order chi connectivity index (χ0) is 15.4. The van der Waals surface area contributed by atoms with Gasteiger partial charge >= 0.3 is 5.97 Å². The molecule has 1 atom stereocenters. The summed E-state index contributed by atoms with van der Waals surface area (Å²) >= 11 is 0. The van der Waals surface area contributed by atoms with Gasteiger partial charge in [0.25, 0.3) is 0 Å². The lowest BCUT2D eigenvalue weighted by Crippen LogP contribution is -2.42. The Hall–Kier alpha value is -2.18. The molecule has 1 fully saturated rings. The van der Waals surface area contributed by atoms with Crippen LogP contribution in [0.3, 0.4) is 0 Å². The van der Waals surface area contributed by atoms with Crippen LogP contribution in [-0.4, -0.2) is 52.1 Å². The van der Waals surface area contributed by atoms with Gasteiger partial charge < -0.3 is 9.84 Å². The van der Waals surface area contributed by atoms with Gasteiger partial charge in [-0.05, 0) is 5.56 Å². The topological polar surface area (TPSA) is 67.6 Å². The molecule has 1 aromatic carbocycles. The van der Waals surface area contributed by atoms with Crippen molar-refractivity contribution in [3.8, 4) is 0 Å². The number of carbonyl (C=O) groups is 1. The highest BCUT2D eigenvalue weighted by atomic mass is 16.5. The van der Waals surface area contributed by atoms with E-state index in [1.165, 1.54) is 0 Å². The van der Waals surface area contributed by atoms with E-state index in [1.807, 2.05) is 41.4 Å².